The molecule has 10 heteroatoms. The van der Waals surface area contributed by atoms with E-state index in [2.05, 4.69) is 22.4 Å². The number of carbonyl (C=O) groups excluding carboxylic acids is 2. The summed E-state index contributed by atoms with van der Waals surface area (Å²) in [5.41, 5.74) is 5.30. The minimum Gasteiger partial charge on any atom is -0.490 e. The van der Waals surface area contributed by atoms with E-state index in [1.807, 2.05) is 19.1 Å². The second kappa shape index (κ2) is 15.2. The van der Waals surface area contributed by atoms with Crippen molar-refractivity contribution in [3.8, 4) is 11.5 Å². The SMILES string of the molecule is C=CCc1cc(C=NNC(=O)CCC(=O)Nc2cccc(Cl)c2)cc(OCC)c1OCc1ccc(Cl)cc1Cl. The quantitative estimate of drug-likeness (QED) is 0.125. The maximum atomic E-state index is 12.2. The van der Waals surface area contributed by atoms with Crippen LogP contribution in [0.1, 0.15) is 36.5 Å². The molecule has 7 nitrogen and oxygen atoms in total. The molecule has 3 rings (SSSR count). The van der Waals surface area contributed by atoms with Crippen LogP contribution in [0.25, 0.3) is 0 Å². The van der Waals surface area contributed by atoms with E-state index in [0.717, 1.165) is 11.1 Å². The second-order valence-corrected chi connectivity index (χ2v) is 9.59. The molecule has 39 heavy (non-hydrogen) atoms. The summed E-state index contributed by atoms with van der Waals surface area (Å²) in [6.07, 6.45) is 3.73. The van der Waals surface area contributed by atoms with Gasteiger partial charge in [-0.1, -0.05) is 53.0 Å². The zero-order chi connectivity index (χ0) is 28.2. The molecule has 3 aromatic carbocycles. The smallest absolute Gasteiger partial charge is 0.240 e. The van der Waals surface area contributed by atoms with E-state index in [1.165, 1.54) is 6.21 Å². The van der Waals surface area contributed by atoms with E-state index < -0.39 is 5.91 Å². The molecule has 0 saturated heterocycles. The van der Waals surface area contributed by atoms with E-state index in [4.69, 9.17) is 44.3 Å². The lowest BCUT2D eigenvalue weighted by molar-refractivity contribution is -0.124. The Hall–Kier alpha value is -3.52. The van der Waals surface area contributed by atoms with Crippen LogP contribution < -0.4 is 20.2 Å². The number of allylic oxidation sites excluding steroid dienone is 1. The van der Waals surface area contributed by atoms with Gasteiger partial charge in [-0.05, 0) is 61.4 Å². The van der Waals surface area contributed by atoms with Gasteiger partial charge in [0.1, 0.15) is 6.61 Å². The number of benzene rings is 3. The third-order valence-electron chi connectivity index (χ3n) is 5.30. The second-order valence-electron chi connectivity index (χ2n) is 8.31. The van der Waals surface area contributed by atoms with Crippen molar-refractivity contribution < 1.29 is 19.1 Å². The fraction of sp³-hybridized carbons (Fsp3) is 0.207. The van der Waals surface area contributed by atoms with E-state index in [9.17, 15) is 9.59 Å². The van der Waals surface area contributed by atoms with Gasteiger partial charge in [-0.2, -0.15) is 5.10 Å². The minimum absolute atomic E-state index is 0.00445. The van der Waals surface area contributed by atoms with Gasteiger partial charge in [-0.25, -0.2) is 5.43 Å². The van der Waals surface area contributed by atoms with Crippen LogP contribution in [0.3, 0.4) is 0 Å². The molecule has 0 fully saturated rings. The summed E-state index contributed by atoms with van der Waals surface area (Å²) in [6.45, 7) is 6.34. The Morgan fingerprint density at radius 1 is 0.949 bits per heavy atom. The Morgan fingerprint density at radius 3 is 2.44 bits per heavy atom. The molecule has 0 bridgehead atoms. The molecule has 0 aliphatic carbocycles. The Balaban J connectivity index is 1.64. The number of carbonyl (C=O) groups is 2. The van der Waals surface area contributed by atoms with Crippen molar-refractivity contribution in [2.24, 2.45) is 5.10 Å². The summed E-state index contributed by atoms with van der Waals surface area (Å²) in [4.78, 5) is 24.3. The maximum Gasteiger partial charge on any atom is 0.240 e. The number of amides is 2. The summed E-state index contributed by atoms with van der Waals surface area (Å²) < 4.78 is 12.0. The molecule has 0 saturated carbocycles. The minimum atomic E-state index is -0.399. The number of rotatable bonds is 13. The topological polar surface area (TPSA) is 89.0 Å². The van der Waals surface area contributed by atoms with E-state index >= 15 is 0 Å². The molecule has 204 valence electrons. The van der Waals surface area contributed by atoms with Crippen LogP contribution in [0.15, 0.2) is 72.4 Å². The predicted octanol–water partition coefficient (Wildman–Crippen LogP) is 7.22. The van der Waals surface area contributed by atoms with Gasteiger partial charge >= 0.3 is 0 Å². The normalized spacial score (nSPS) is 10.8. The molecule has 0 radical (unpaired) electrons. The van der Waals surface area contributed by atoms with Gasteiger partial charge in [0.05, 0.1) is 12.8 Å². The first kappa shape index (κ1) is 30.0. The lowest BCUT2D eigenvalue weighted by atomic mass is 10.1. The molecule has 0 aliphatic rings. The molecule has 3 aromatic rings. The van der Waals surface area contributed by atoms with Gasteiger partial charge in [-0.15, -0.1) is 6.58 Å². The molecular formula is C29H28Cl3N3O4. The van der Waals surface area contributed by atoms with E-state index in [-0.39, 0.29) is 25.4 Å². The maximum absolute atomic E-state index is 12.2. The van der Waals surface area contributed by atoms with Crippen LogP contribution in [-0.4, -0.2) is 24.6 Å². The van der Waals surface area contributed by atoms with E-state index in [1.54, 1.807) is 48.5 Å². The molecule has 0 unspecified atom stereocenters. The van der Waals surface area contributed by atoms with Crippen molar-refractivity contribution in [1.82, 2.24) is 5.43 Å². The molecule has 2 amide bonds. The van der Waals surface area contributed by atoms with Crippen LogP contribution >= 0.6 is 34.8 Å². The molecule has 0 atom stereocenters. The van der Waals surface area contributed by atoms with Crippen LogP contribution in [0.4, 0.5) is 5.69 Å². The average molecular weight is 589 g/mol. The first-order valence-electron chi connectivity index (χ1n) is 12.1. The molecule has 0 spiro atoms. The highest BCUT2D eigenvalue weighted by atomic mass is 35.5. The van der Waals surface area contributed by atoms with Crippen molar-refractivity contribution in [3.05, 3.63) is 99.0 Å². The Kier molecular flexibility index (Phi) is 11.7. The fourth-order valence-corrected chi connectivity index (χ4v) is 4.19. The number of hydrogen-bond donors (Lipinski definition) is 2. The van der Waals surface area contributed by atoms with Gasteiger partial charge in [0.2, 0.25) is 11.8 Å². The highest BCUT2D eigenvalue weighted by Crippen LogP contribution is 2.35. The Labute approximate surface area is 242 Å². The standard InChI is InChI=1S/C29H28Cl3N3O4/c1-3-6-20-13-19(14-26(38-4-2)29(20)39-18-21-9-10-23(31)16-25(21)32)17-33-35-28(37)12-11-27(36)34-24-8-5-7-22(30)15-24/h3,5,7-10,13-17H,1,4,6,11-12,18H2,2H3,(H,34,36)(H,35,37). The van der Waals surface area contributed by atoms with Crippen molar-refractivity contribution in [2.75, 3.05) is 11.9 Å². The van der Waals surface area contributed by atoms with Crippen molar-refractivity contribution in [1.29, 1.82) is 0 Å². The van der Waals surface area contributed by atoms with E-state index in [0.29, 0.717) is 50.8 Å². The zero-order valence-electron chi connectivity index (χ0n) is 21.3. The van der Waals surface area contributed by atoms with Gasteiger partial charge in [0, 0.05) is 44.7 Å². The number of hydrazone groups is 1. The van der Waals surface area contributed by atoms with Gasteiger partial charge in [-0.3, -0.25) is 9.59 Å². The highest BCUT2D eigenvalue weighted by Gasteiger charge is 2.14. The molecule has 0 aromatic heterocycles. The average Bonchev–Trinajstić information content (AvgIpc) is 2.88. The highest BCUT2D eigenvalue weighted by molar-refractivity contribution is 6.35. The summed E-state index contributed by atoms with van der Waals surface area (Å²) in [7, 11) is 0. The van der Waals surface area contributed by atoms with Crippen LogP contribution in [-0.2, 0) is 22.6 Å². The largest absolute Gasteiger partial charge is 0.490 e. The van der Waals surface area contributed by atoms with Crippen LogP contribution in [0, 0.1) is 0 Å². The van der Waals surface area contributed by atoms with Crippen LogP contribution in [0.2, 0.25) is 15.1 Å². The first-order valence-corrected chi connectivity index (χ1v) is 13.3. The lowest BCUT2D eigenvalue weighted by Gasteiger charge is -2.17. The number of ether oxygens (including phenoxy) is 2. The summed E-state index contributed by atoms with van der Waals surface area (Å²) in [6, 6.07) is 15.6. The molecule has 0 heterocycles. The first-order chi connectivity index (χ1) is 18.8. The Morgan fingerprint density at radius 2 is 1.72 bits per heavy atom. The van der Waals surface area contributed by atoms with Crippen molar-refractivity contribution in [3.63, 3.8) is 0 Å². The number of nitrogens with zero attached hydrogens (tertiary/aromatic N) is 1. The Bertz CT molecular complexity index is 1360. The zero-order valence-corrected chi connectivity index (χ0v) is 23.6. The van der Waals surface area contributed by atoms with Crippen molar-refractivity contribution in [2.45, 2.75) is 32.8 Å². The number of hydrogen-bond acceptors (Lipinski definition) is 5. The monoisotopic (exact) mass is 587 g/mol. The third-order valence-corrected chi connectivity index (χ3v) is 6.12. The number of halogens is 3. The van der Waals surface area contributed by atoms with Gasteiger partial charge in [0.15, 0.2) is 11.5 Å². The fourth-order valence-electron chi connectivity index (χ4n) is 3.53. The van der Waals surface area contributed by atoms with Crippen molar-refractivity contribution >= 4 is 58.5 Å². The summed E-state index contributed by atoms with van der Waals surface area (Å²) >= 11 is 18.2. The lowest BCUT2D eigenvalue weighted by Crippen LogP contribution is -2.20. The van der Waals surface area contributed by atoms with Crippen LogP contribution in [0.5, 0.6) is 11.5 Å². The van der Waals surface area contributed by atoms with Gasteiger partial charge < -0.3 is 14.8 Å². The third kappa shape index (κ3) is 9.62. The molecule has 2 N–H and O–H groups in total. The van der Waals surface area contributed by atoms with Gasteiger partial charge in [0.25, 0.3) is 0 Å². The summed E-state index contributed by atoms with van der Waals surface area (Å²) in [5, 5.41) is 8.29. The molecular weight excluding hydrogens is 561 g/mol. The summed E-state index contributed by atoms with van der Waals surface area (Å²) in [5.74, 6) is 0.382. The predicted molar refractivity (Wildman–Crippen MR) is 157 cm³/mol. The molecule has 0 aliphatic heterocycles. The number of anilines is 1. The number of nitrogens with one attached hydrogen (secondary N) is 2.